The van der Waals surface area contributed by atoms with Crippen LogP contribution in [0.25, 0.3) is 0 Å². The van der Waals surface area contributed by atoms with Gasteiger partial charge in [0.2, 0.25) is 10.0 Å². The molecular weight excluding hydrogens is 533 g/mol. The van der Waals surface area contributed by atoms with Crippen LogP contribution < -0.4 is 10.6 Å². The zero-order valence-corrected chi connectivity index (χ0v) is 21.4. The molecule has 1 fully saturated rings. The van der Waals surface area contributed by atoms with Gasteiger partial charge >= 0.3 is 0 Å². The Balaban J connectivity index is 0.00000320. The lowest BCUT2D eigenvalue weighted by Gasteiger charge is -2.26. The summed E-state index contributed by atoms with van der Waals surface area (Å²) >= 11 is 1.69. The molecule has 1 aromatic heterocycles. The van der Waals surface area contributed by atoms with Crippen molar-refractivity contribution in [3.8, 4) is 0 Å². The van der Waals surface area contributed by atoms with Crippen molar-refractivity contribution in [1.82, 2.24) is 19.9 Å². The van der Waals surface area contributed by atoms with E-state index in [1.54, 1.807) is 40.9 Å². The first kappa shape index (κ1) is 25.0. The van der Waals surface area contributed by atoms with E-state index in [-0.39, 0.29) is 24.0 Å². The van der Waals surface area contributed by atoms with Gasteiger partial charge in [0, 0.05) is 37.8 Å². The number of aliphatic imine (C=N–C) groups is 1. The van der Waals surface area contributed by atoms with Gasteiger partial charge in [0.1, 0.15) is 5.01 Å². The number of aryl methyl sites for hydroxylation is 1. The molecule has 7 nitrogen and oxygen atoms in total. The monoisotopic (exact) mass is 563 g/mol. The molecule has 3 rings (SSSR count). The van der Waals surface area contributed by atoms with Crippen LogP contribution in [0.3, 0.4) is 0 Å². The molecule has 0 unspecified atom stereocenters. The fourth-order valence-corrected chi connectivity index (χ4v) is 5.62. The van der Waals surface area contributed by atoms with Crippen LogP contribution in [-0.2, 0) is 29.5 Å². The van der Waals surface area contributed by atoms with Gasteiger partial charge in [-0.3, -0.25) is 4.99 Å². The average molecular weight is 564 g/mol. The summed E-state index contributed by atoms with van der Waals surface area (Å²) in [6.45, 7) is 4.43. The van der Waals surface area contributed by atoms with Gasteiger partial charge in [0.15, 0.2) is 5.96 Å². The smallest absolute Gasteiger partial charge is 0.243 e. The van der Waals surface area contributed by atoms with Crippen molar-refractivity contribution in [2.75, 3.05) is 20.1 Å². The first-order chi connectivity index (χ1) is 14.0. The second kappa shape index (κ2) is 12.0. The highest BCUT2D eigenvalue weighted by molar-refractivity contribution is 14.0. The molecule has 0 saturated carbocycles. The molecule has 0 radical (unpaired) electrons. The van der Waals surface area contributed by atoms with Crippen molar-refractivity contribution in [2.45, 2.75) is 50.6 Å². The number of aromatic nitrogens is 1. The van der Waals surface area contributed by atoms with E-state index in [2.05, 4.69) is 27.5 Å². The molecule has 1 saturated heterocycles. The number of rotatable bonds is 7. The minimum Gasteiger partial charge on any atom is -0.352 e. The van der Waals surface area contributed by atoms with Crippen molar-refractivity contribution in [3.63, 3.8) is 0 Å². The second-order valence-electron chi connectivity index (χ2n) is 6.97. The van der Waals surface area contributed by atoms with Gasteiger partial charge < -0.3 is 10.6 Å². The van der Waals surface area contributed by atoms with Gasteiger partial charge in [0.25, 0.3) is 0 Å². The highest BCUT2D eigenvalue weighted by Crippen LogP contribution is 2.21. The van der Waals surface area contributed by atoms with Gasteiger partial charge in [-0.05, 0) is 37.0 Å². The quantitative estimate of drug-likeness (QED) is 0.307. The summed E-state index contributed by atoms with van der Waals surface area (Å²) < 4.78 is 27.4. The van der Waals surface area contributed by atoms with E-state index >= 15 is 0 Å². The summed E-state index contributed by atoms with van der Waals surface area (Å²) in [5.74, 6) is 0.655. The Morgan fingerprint density at radius 2 is 1.93 bits per heavy atom. The lowest BCUT2D eigenvalue weighted by Crippen LogP contribution is -2.36. The van der Waals surface area contributed by atoms with Crippen molar-refractivity contribution in [1.29, 1.82) is 0 Å². The predicted octanol–water partition coefficient (Wildman–Crippen LogP) is 3.36. The normalized spacial score (nSPS) is 15.5. The van der Waals surface area contributed by atoms with Gasteiger partial charge in [-0.1, -0.05) is 25.5 Å². The number of guanidine groups is 1. The Morgan fingerprint density at radius 3 is 2.60 bits per heavy atom. The van der Waals surface area contributed by atoms with E-state index in [9.17, 15) is 8.42 Å². The molecule has 0 atom stereocenters. The lowest BCUT2D eigenvalue weighted by atomic mass is 10.2. The molecule has 0 amide bonds. The summed E-state index contributed by atoms with van der Waals surface area (Å²) in [6, 6.07) is 7.14. The SMILES string of the molecule is CCc1cnc(CNC(=NC)NCc2cccc(S(=O)(=O)N3CCCCC3)c2)s1.I. The second-order valence-corrected chi connectivity index (χ2v) is 10.1. The summed E-state index contributed by atoms with van der Waals surface area (Å²) in [5, 5.41) is 7.51. The van der Waals surface area contributed by atoms with Crippen molar-refractivity contribution >= 4 is 51.3 Å². The number of hydrogen-bond donors (Lipinski definition) is 2. The van der Waals surface area contributed by atoms with E-state index in [1.165, 1.54) is 4.88 Å². The van der Waals surface area contributed by atoms with E-state index in [0.717, 1.165) is 36.3 Å². The minimum absolute atomic E-state index is 0. The molecule has 10 heteroatoms. The van der Waals surface area contributed by atoms with Crippen molar-refractivity contribution in [2.24, 2.45) is 4.99 Å². The summed E-state index contributed by atoms with van der Waals surface area (Å²) in [7, 11) is -1.71. The standard InChI is InChI=1S/C20H29N5O2S2.HI/c1-3-17-14-22-19(28-17)15-24-20(21-2)23-13-16-8-7-9-18(12-16)29(26,27)25-10-5-4-6-11-25;/h7-9,12,14H,3-6,10-11,13,15H2,1-2H3,(H2,21,23,24);1H. The van der Waals surface area contributed by atoms with Gasteiger partial charge in [-0.25, -0.2) is 13.4 Å². The van der Waals surface area contributed by atoms with Crippen LogP contribution >= 0.6 is 35.3 Å². The zero-order valence-electron chi connectivity index (χ0n) is 17.4. The van der Waals surface area contributed by atoms with E-state index in [0.29, 0.717) is 37.0 Å². The number of piperidine rings is 1. The third-order valence-electron chi connectivity index (χ3n) is 4.89. The number of nitrogens with zero attached hydrogens (tertiary/aromatic N) is 3. The highest BCUT2D eigenvalue weighted by atomic mass is 127. The molecule has 2 aromatic rings. The number of halogens is 1. The Bertz CT molecular complexity index is 940. The molecule has 2 heterocycles. The summed E-state index contributed by atoms with van der Waals surface area (Å²) in [4.78, 5) is 10.2. The van der Waals surface area contributed by atoms with Crippen LogP contribution in [0.15, 0.2) is 40.4 Å². The Hall–Kier alpha value is -1.24. The van der Waals surface area contributed by atoms with Crippen LogP contribution in [0.1, 0.15) is 41.6 Å². The molecule has 1 aliphatic rings. The van der Waals surface area contributed by atoms with Gasteiger partial charge in [-0.15, -0.1) is 35.3 Å². The maximum Gasteiger partial charge on any atom is 0.243 e. The zero-order chi connectivity index (χ0) is 20.7. The summed E-state index contributed by atoms with van der Waals surface area (Å²) in [5.41, 5.74) is 0.897. The fraction of sp³-hybridized carbons (Fsp3) is 0.500. The Labute approximate surface area is 200 Å². The first-order valence-corrected chi connectivity index (χ1v) is 12.3. The Kier molecular flexibility index (Phi) is 9.98. The van der Waals surface area contributed by atoms with E-state index in [4.69, 9.17) is 0 Å². The summed E-state index contributed by atoms with van der Waals surface area (Å²) in [6.07, 6.45) is 5.86. The van der Waals surface area contributed by atoms with Crippen LogP contribution in [0.4, 0.5) is 0 Å². The third-order valence-corrected chi connectivity index (χ3v) is 7.93. The maximum atomic E-state index is 12.9. The number of hydrogen-bond acceptors (Lipinski definition) is 5. The Morgan fingerprint density at radius 1 is 1.20 bits per heavy atom. The highest BCUT2D eigenvalue weighted by Gasteiger charge is 2.25. The number of thiazole rings is 1. The molecule has 0 spiro atoms. The lowest BCUT2D eigenvalue weighted by molar-refractivity contribution is 0.346. The molecule has 166 valence electrons. The number of benzene rings is 1. The first-order valence-electron chi connectivity index (χ1n) is 10.00. The van der Waals surface area contributed by atoms with Crippen LogP contribution in [0, 0.1) is 0 Å². The molecule has 2 N–H and O–H groups in total. The third kappa shape index (κ3) is 6.63. The number of nitrogens with one attached hydrogen (secondary N) is 2. The molecule has 0 bridgehead atoms. The van der Waals surface area contributed by atoms with Gasteiger partial charge in [-0.2, -0.15) is 4.31 Å². The van der Waals surface area contributed by atoms with Gasteiger partial charge in [0.05, 0.1) is 11.4 Å². The predicted molar refractivity (Wildman–Crippen MR) is 133 cm³/mol. The minimum atomic E-state index is -3.42. The molecular formula is C20H30IN5O2S2. The topological polar surface area (TPSA) is 86.7 Å². The maximum absolute atomic E-state index is 12.9. The van der Waals surface area contributed by atoms with Crippen molar-refractivity contribution in [3.05, 3.63) is 45.9 Å². The van der Waals surface area contributed by atoms with Crippen molar-refractivity contribution < 1.29 is 8.42 Å². The largest absolute Gasteiger partial charge is 0.352 e. The molecule has 1 aromatic carbocycles. The molecule has 30 heavy (non-hydrogen) atoms. The van der Waals surface area contributed by atoms with Crippen LogP contribution in [-0.4, -0.2) is 43.8 Å². The fourth-order valence-electron chi connectivity index (χ4n) is 3.23. The molecule has 1 aliphatic heterocycles. The average Bonchev–Trinajstić information content (AvgIpc) is 3.23. The van der Waals surface area contributed by atoms with Crippen LogP contribution in [0.2, 0.25) is 0 Å². The number of sulfonamides is 1. The van der Waals surface area contributed by atoms with E-state index in [1.807, 2.05) is 12.3 Å². The molecule has 0 aliphatic carbocycles. The van der Waals surface area contributed by atoms with Crippen LogP contribution in [0.5, 0.6) is 0 Å². The van der Waals surface area contributed by atoms with E-state index < -0.39 is 10.0 Å².